The van der Waals surface area contributed by atoms with E-state index in [9.17, 15) is 9.59 Å². The van der Waals surface area contributed by atoms with Crippen LogP contribution in [0.15, 0.2) is 48.8 Å². The second kappa shape index (κ2) is 6.65. The molecule has 108 valence electrons. The van der Waals surface area contributed by atoms with E-state index in [2.05, 4.69) is 15.6 Å². The maximum Gasteiger partial charge on any atom is 0.255 e. The van der Waals surface area contributed by atoms with Crippen molar-refractivity contribution in [2.45, 2.75) is 13.8 Å². The fraction of sp³-hybridized carbons (Fsp3) is 0.188. The van der Waals surface area contributed by atoms with Crippen LogP contribution in [-0.4, -0.2) is 16.8 Å². The molecular formula is C16H17N3O2. The molecule has 0 fully saturated rings. The van der Waals surface area contributed by atoms with Crippen LogP contribution in [0.5, 0.6) is 0 Å². The maximum absolute atomic E-state index is 12.1. The first kappa shape index (κ1) is 14.7. The molecule has 0 atom stereocenters. The summed E-state index contributed by atoms with van der Waals surface area (Å²) < 4.78 is 0. The molecule has 1 aromatic heterocycles. The van der Waals surface area contributed by atoms with Crippen molar-refractivity contribution in [1.29, 1.82) is 0 Å². The molecule has 0 aliphatic carbocycles. The largest absolute Gasteiger partial charge is 0.326 e. The van der Waals surface area contributed by atoms with Crippen LogP contribution in [0.1, 0.15) is 24.2 Å². The average molecular weight is 283 g/mol. The van der Waals surface area contributed by atoms with Crippen molar-refractivity contribution in [3.8, 4) is 0 Å². The van der Waals surface area contributed by atoms with E-state index >= 15 is 0 Å². The van der Waals surface area contributed by atoms with Crippen molar-refractivity contribution in [3.63, 3.8) is 0 Å². The Labute approximate surface area is 123 Å². The van der Waals surface area contributed by atoms with Crippen molar-refractivity contribution in [2.24, 2.45) is 5.92 Å². The van der Waals surface area contributed by atoms with Gasteiger partial charge in [-0.1, -0.05) is 19.9 Å². The molecule has 0 aliphatic heterocycles. The molecule has 2 amide bonds. The Hall–Kier alpha value is -2.69. The number of hydrogen-bond acceptors (Lipinski definition) is 3. The minimum atomic E-state index is -0.247. The summed E-state index contributed by atoms with van der Waals surface area (Å²) >= 11 is 0. The zero-order valence-corrected chi connectivity index (χ0v) is 12.0. The second-order valence-electron chi connectivity index (χ2n) is 4.92. The first-order chi connectivity index (χ1) is 10.1. The third-order valence-electron chi connectivity index (χ3n) is 2.84. The van der Waals surface area contributed by atoms with E-state index in [1.165, 1.54) is 0 Å². The number of hydrogen-bond donors (Lipinski definition) is 2. The summed E-state index contributed by atoms with van der Waals surface area (Å²) in [5.41, 5.74) is 1.70. The third kappa shape index (κ3) is 4.14. The van der Waals surface area contributed by atoms with Crippen molar-refractivity contribution in [2.75, 3.05) is 10.6 Å². The van der Waals surface area contributed by atoms with Crippen LogP contribution in [0.25, 0.3) is 0 Å². The lowest BCUT2D eigenvalue weighted by Crippen LogP contribution is -2.18. The molecule has 0 bridgehead atoms. The van der Waals surface area contributed by atoms with Crippen molar-refractivity contribution < 1.29 is 9.59 Å². The van der Waals surface area contributed by atoms with Crippen LogP contribution in [0, 0.1) is 5.92 Å². The number of anilines is 2. The van der Waals surface area contributed by atoms with Gasteiger partial charge in [-0.15, -0.1) is 0 Å². The smallest absolute Gasteiger partial charge is 0.255 e. The minimum Gasteiger partial charge on any atom is -0.326 e. The van der Waals surface area contributed by atoms with Gasteiger partial charge in [-0.25, -0.2) is 0 Å². The molecule has 0 saturated carbocycles. The van der Waals surface area contributed by atoms with E-state index < -0.39 is 0 Å². The Kier molecular flexibility index (Phi) is 4.66. The number of benzene rings is 1. The zero-order valence-electron chi connectivity index (χ0n) is 12.0. The summed E-state index contributed by atoms with van der Waals surface area (Å²) in [5.74, 6) is -0.443. The lowest BCUT2D eigenvalue weighted by Gasteiger charge is -2.09. The Morgan fingerprint density at radius 3 is 2.48 bits per heavy atom. The second-order valence-corrected chi connectivity index (χ2v) is 4.92. The van der Waals surface area contributed by atoms with Crippen LogP contribution in [0.3, 0.4) is 0 Å². The quantitative estimate of drug-likeness (QED) is 0.906. The zero-order chi connectivity index (χ0) is 15.2. The normalized spacial score (nSPS) is 10.2. The van der Waals surface area contributed by atoms with E-state index in [0.717, 1.165) is 0 Å². The summed E-state index contributed by atoms with van der Waals surface area (Å²) in [5, 5.41) is 5.52. The number of carbonyl (C=O) groups is 2. The molecule has 0 radical (unpaired) electrons. The number of nitrogens with one attached hydrogen (secondary N) is 2. The minimum absolute atomic E-state index is 0.0835. The van der Waals surface area contributed by atoms with Crippen LogP contribution in [0.4, 0.5) is 11.4 Å². The maximum atomic E-state index is 12.1. The summed E-state index contributed by atoms with van der Waals surface area (Å²) in [6, 6.07) is 10.3. The van der Waals surface area contributed by atoms with Crippen molar-refractivity contribution in [1.82, 2.24) is 4.98 Å². The highest BCUT2D eigenvalue weighted by Crippen LogP contribution is 2.14. The van der Waals surface area contributed by atoms with Gasteiger partial charge >= 0.3 is 0 Å². The highest BCUT2D eigenvalue weighted by atomic mass is 16.2. The lowest BCUT2D eigenvalue weighted by molar-refractivity contribution is -0.118. The van der Waals surface area contributed by atoms with Gasteiger partial charge < -0.3 is 10.6 Å². The lowest BCUT2D eigenvalue weighted by atomic mass is 10.1. The van der Waals surface area contributed by atoms with E-state index in [0.29, 0.717) is 16.9 Å². The molecule has 2 N–H and O–H groups in total. The Morgan fingerprint density at radius 2 is 1.81 bits per heavy atom. The Bertz CT molecular complexity index is 639. The first-order valence-corrected chi connectivity index (χ1v) is 6.68. The number of amides is 2. The number of carbonyl (C=O) groups excluding carboxylic acids is 2. The number of nitrogens with zero attached hydrogens (tertiary/aromatic N) is 1. The molecule has 2 aromatic rings. The highest BCUT2D eigenvalue weighted by Gasteiger charge is 2.10. The molecule has 5 heteroatoms. The van der Waals surface area contributed by atoms with Gasteiger partial charge in [0.05, 0.1) is 11.9 Å². The molecule has 21 heavy (non-hydrogen) atoms. The van der Waals surface area contributed by atoms with Crippen LogP contribution >= 0.6 is 0 Å². The number of pyridine rings is 1. The summed E-state index contributed by atoms with van der Waals surface area (Å²) in [6.45, 7) is 3.63. The van der Waals surface area contributed by atoms with Gasteiger partial charge in [-0.05, 0) is 30.3 Å². The van der Waals surface area contributed by atoms with E-state index in [1.807, 2.05) is 13.8 Å². The van der Waals surface area contributed by atoms with Gasteiger partial charge in [-0.3, -0.25) is 14.6 Å². The summed E-state index contributed by atoms with van der Waals surface area (Å²) in [4.78, 5) is 27.7. The van der Waals surface area contributed by atoms with Gasteiger partial charge in [0.2, 0.25) is 5.91 Å². The number of aromatic nitrogens is 1. The van der Waals surface area contributed by atoms with Crippen LogP contribution < -0.4 is 10.6 Å². The van der Waals surface area contributed by atoms with Gasteiger partial charge in [0.25, 0.3) is 5.91 Å². The Morgan fingerprint density at radius 1 is 1.05 bits per heavy atom. The van der Waals surface area contributed by atoms with E-state index in [-0.39, 0.29) is 17.7 Å². The number of rotatable bonds is 4. The highest BCUT2D eigenvalue weighted by molar-refractivity contribution is 6.05. The Balaban J connectivity index is 2.10. The molecule has 2 rings (SSSR count). The van der Waals surface area contributed by atoms with Crippen LogP contribution in [-0.2, 0) is 4.79 Å². The van der Waals surface area contributed by atoms with Crippen molar-refractivity contribution >= 4 is 23.2 Å². The topological polar surface area (TPSA) is 71.1 Å². The third-order valence-corrected chi connectivity index (χ3v) is 2.84. The summed E-state index contributed by atoms with van der Waals surface area (Å²) in [7, 11) is 0. The predicted octanol–water partition coefficient (Wildman–Crippen LogP) is 2.93. The molecule has 0 unspecified atom stereocenters. The molecule has 5 nitrogen and oxygen atoms in total. The van der Waals surface area contributed by atoms with Gasteiger partial charge in [0, 0.05) is 23.4 Å². The molecule has 0 aliphatic rings. The molecule has 0 spiro atoms. The standard InChI is InChI=1S/C16H17N3O2/c1-11(2)15(20)18-13-6-3-5-12(9-13)16(21)19-14-7-4-8-17-10-14/h3-11H,1-2H3,(H,18,20)(H,19,21). The SMILES string of the molecule is CC(C)C(=O)Nc1cccc(C(=O)Nc2cccnc2)c1. The fourth-order valence-electron chi connectivity index (χ4n) is 1.66. The molecule has 1 aromatic carbocycles. The average Bonchev–Trinajstić information content (AvgIpc) is 2.48. The fourth-order valence-corrected chi connectivity index (χ4v) is 1.66. The molecular weight excluding hydrogens is 266 g/mol. The van der Waals surface area contributed by atoms with E-state index in [4.69, 9.17) is 0 Å². The van der Waals surface area contributed by atoms with Crippen LogP contribution in [0.2, 0.25) is 0 Å². The molecule has 0 saturated heterocycles. The first-order valence-electron chi connectivity index (χ1n) is 6.68. The monoisotopic (exact) mass is 283 g/mol. The van der Waals surface area contributed by atoms with Crippen molar-refractivity contribution in [3.05, 3.63) is 54.4 Å². The van der Waals surface area contributed by atoms with E-state index in [1.54, 1.807) is 48.8 Å². The van der Waals surface area contributed by atoms with Gasteiger partial charge in [-0.2, -0.15) is 0 Å². The van der Waals surface area contributed by atoms with Gasteiger partial charge in [0.15, 0.2) is 0 Å². The molecule has 1 heterocycles. The predicted molar refractivity (Wildman–Crippen MR) is 82.1 cm³/mol. The summed E-state index contributed by atoms with van der Waals surface area (Å²) in [6.07, 6.45) is 3.21. The van der Waals surface area contributed by atoms with Gasteiger partial charge in [0.1, 0.15) is 0 Å².